The molecule has 0 saturated carbocycles. The molecule has 2 heterocycles. The summed E-state index contributed by atoms with van der Waals surface area (Å²) in [4.78, 5) is 8.30. The van der Waals surface area contributed by atoms with Crippen LogP contribution in [0.4, 0.5) is 0 Å². The number of pyridine rings is 1. The lowest BCUT2D eigenvalue weighted by Gasteiger charge is -1.99. The molecular weight excluding hydrogens is 256 g/mol. The van der Waals surface area contributed by atoms with E-state index in [-0.39, 0.29) is 18.4 Å². The molecule has 2 aromatic rings. The minimum absolute atomic E-state index is 0. The largest absolute Gasteiger partial charge is 0.481 e. The number of halogens is 1. The Labute approximate surface area is 111 Å². The van der Waals surface area contributed by atoms with Crippen molar-refractivity contribution in [3.63, 3.8) is 0 Å². The first kappa shape index (κ1) is 14.4. The smallest absolute Gasteiger partial charge is 0.243 e. The van der Waals surface area contributed by atoms with Crippen LogP contribution in [0.2, 0.25) is 0 Å². The van der Waals surface area contributed by atoms with Crippen molar-refractivity contribution < 1.29 is 9.26 Å². The third kappa shape index (κ3) is 2.96. The number of aromatic nitrogens is 3. The van der Waals surface area contributed by atoms with Gasteiger partial charge in [-0.25, -0.2) is 4.98 Å². The van der Waals surface area contributed by atoms with Crippen LogP contribution in [0.1, 0.15) is 25.3 Å². The summed E-state index contributed by atoms with van der Waals surface area (Å²) < 4.78 is 10.1. The summed E-state index contributed by atoms with van der Waals surface area (Å²) in [7, 11) is 1.56. The van der Waals surface area contributed by atoms with Gasteiger partial charge in [0.1, 0.15) is 0 Å². The monoisotopic (exact) mass is 270 g/mol. The van der Waals surface area contributed by atoms with E-state index in [1.54, 1.807) is 19.4 Å². The molecule has 18 heavy (non-hydrogen) atoms. The van der Waals surface area contributed by atoms with Crippen LogP contribution in [0, 0.1) is 0 Å². The number of methoxy groups -OCH3 is 1. The van der Waals surface area contributed by atoms with E-state index in [1.165, 1.54) is 0 Å². The van der Waals surface area contributed by atoms with E-state index in [9.17, 15) is 0 Å². The Hall–Kier alpha value is -1.66. The summed E-state index contributed by atoms with van der Waals surface area (Å²) >= 11 is 0. The second kappa shape index (κ2) is 6.32. The second-order valence-electron chi connectivity index (χ2n) is 3.56. The number of hydrogen-bond acceptors (Lipinski definition) is 6. The van der Waals surface area contributed by atoms with Crippen molar-refractivity contribution in [3.8, 4) is 17.3 Å². The summed E-state index contributed by atoms with van der Waals surface area (Å²) in [5, 5.41) is 3.86. The minimum Gasteiger partial charge on any atom is -0.481 e. The van der Waals surface area contributed by atoms with E-state index in [4.69, 9.17) is 15.0 Å². The van der Waals surface area contributed by atoms with Gasteiger partial charge in [-0.3, -0.25) is 0 Å². The summed E-state index contributed by atoms with van der Waals surface area (Å²) in [6.07, 6.45) is 2.38. The van der Waals surface area contributed by atoms with Gasteiger partial charge in [0, 0.05) is 17.8 Å². The minimum atomic E-state index is -0.220. The molecule has 1 atom stereocenters. The van der Waals surface area contributed by atoms with Gasteiger partial charge in [0.05, 0.1) is 13.2 Å². The normalized spacial score (nSPS) is 11.7. The first-order valence-corrected chi connectivity index (χ1v) is 5.34. The molecule has 0 saturated heterocycles. The molecule has 7 heteroatoms. The Kier molecular flexibility index (Phi) is 5.06. The molecule has 2 rings (SSSR count). The standard InChI is InChI=1S/C11H14N4O2.ClH/c1-3-8(12)11-14-10(15-17-11)7-4-5-9(16-2)13-6-7;/h4-6,8H,3,12H2,1-2H3;1H/t8-;/m0./s1. The van der Waals surface area contributed by atoms with Crippen molar-refractivity contribution in [1.82, 2.24) is 15.1 Å². The Morgan fingerprint density at radius 1 is 1.44 bits per heavy atom. The van der Waals surface area contributed by atoms with E-state index < -0.39 is 0 Å². The highest BCUT2D eigenvalue weighted by Gasteiger charge is 2.14. The molecule has 0 aromatic carbocycles. The maximum Gasteiger partial charge on any atom is 0.243 e. The van der Waals surface area contributed by atoms with E-state index >= 15 is 0 Å². The van der Waals surface area contributed by atoms with Crippen molar-refractivity contribution >= 4 is 12.4 Å². The molecule has 0 amide bonds. The fourth-order valence-corrected chi connectivity index (χ4v) is 1.31. The SMILES string of the molecule is CC[C@H](N)c1nc(-c2ccc(OC)nc2)no1.Cl. The molecule has 0 aliphatic heterocycles. The van der Waals surface area contributed by atoms with Gasteiger partial charge in [-0.05, 0) is 12.5 Å². The van der Waals surface area contributed by atoms with Gasteiger partial charge < -0.3 is 15.0 Å². The Morgan fingerprint density at radius 2 is 2.22 bits per heavy atom. The predicted molar refractivity (Wildman–Crippen MR) is 68.5 cm³/mol. The number of hydrogen-bond donors (Lipinski definition) is 1. The van der Waals surface area contributed by atoms with E-state index in [0.29, 0.717) is 17.6 Å². The van der Waals surface area contributed by atoms with E-state index in [2.05, 4.69) is 15.1 Å². The Morgan fingerprint density at radius 3 is 2.78 bits per heavy atom. The summed E-state index contributed by atoms with van der Waals surface area (Å²) in [6.45, 7) is 1.96. The highest BCUT2D eigenvalue weighted by atomic mass is 35.5. The van der Waals surface area contributed by atoms with Crippen LogP contribution in [-0.2, 0) is 0 Å². The van der Waals surface area contributed by atoms with Crippen molar-refractivity contribution in [2.24, 2.45) is 5.73 Å². The lowest BCUT2D eigenvalue weighted by atomic mass is 10.2. The predicted octanol–water partition coefficient (Wildman–Crippen LogP) is 1.97. The molecule has 0 aliphatic carbocycles. The zero-order chi connectivity index (χ0) is 12.3. The van der Waals surface area contributed by atoms with Gasteiger partial charge in [-0.1, -0.05) is 12.1 Å². The van der Waals surface area contributed by atoms with Crippen molar-refractivity contribution in [3.05, 3.63) is 24.2 Å². The molecule has 2 N–H and O–H groups in total. The van der Waals surface area contributed by atoms with E-state index in [1.807, 2.05) is 13.0 Å². The van der Waals surface area contributed by atoms with Gasteiger partial charge in [0.15, 0.2) is 0 Å². The fourth-order valence-electron chi connectivity index (χ4n) is 1.31. The fraction of sp³-hybridized carbons (Fsp3) is 0.364. The lowest BCUT2D eigenvalue weighted by molar-refractivity contribution is 0.352. The van der Waals surface area contributed by atoms with Crippen LogP contribution in [0.25, 0.3) is 11.4 Å². The third-order valence-corrected chi connectivity index (χ3v) is 2.40. The summed E-state index contributed by atoms with van der Waals surface area (Å²) in [5.41, 5.74) is 6.57. The first-order chi connectivity index (χ1) is 8.24. The van der Waals surface area contributed by atoms with Gasteiger partial charge >= 0.3 is 0 Å². The number of ether oxygens (including phenoxy) is 1. The second-order valence-corrected chi connectivity index (χ2v) is 3.56. The van der Waals surface area contributed by atoms with Gasteiger partial charge in [-0.15, -0.1) is 12.4 Å². The molecular formula is C11H15ClN4O2. The van der Waals surface area contributed by atoms with Crippen LogP contribution < -0.4 is 10.5 Å². The molecule has 0 radical (unpaired) electrons. The third-order valence-electron chi connectivity index (χ3n) is 2.40. The van der Waals surface area contributed by atoms with Crippen LogP contribution >= 0.6 is 12.4 Å². The Balaban J connectivity index is 0.00000162. The van der Waals surface area contributed by atoms with Crippen molar-refractivity contribution in [2.45, 2.75) is 19.4 Å². The number of rotatable bonds is 4. The average molecular weight is 271 g/mol. The van der Waals surface area contributed by atoms with Crippen LogP contribution in [0.15, 0.2) is 22.9 Å². The van der Waals surface area contributed by atoms with Gasteiger partial charge in [0.25, 0.3) is 0 Å². The first-order valence-electron chi connectivity index (χ1n) is 5.34. The maximum absolute atomic E-state index is 5.80. The summed E-state index contributed by atoms with van der Waals surface area (Å²) in [5.74, 6) is 1.47. The highest BCUT2D eigenvalue weighted by molar-refractivity contribution is 5.85. The molecule has 0 spiro atoms. The molecule has 0 bridgehead atoms. The van der Waals surface area contributed by atoms with Crippen LogP contribution in [0.5, 0.6) is 5.88 Å². The maximum atomic E-state index is 5.80. The van der Waals surface area contributed by atoms with Crippen molar-refractivity contribution in [2.75, 3.05) is 7.11 Å². The van der Waals surface area contributed by atoms with Gasteiger partial charge in [-0.2, -0.15) is 4.98 Å². The molecule has 0 aliphatic rings. The summed E-state index contributed by atoms with van der Waals surface area (Å²) in [6, 6.07) is 3.34. The topological polar surface area (TPSA) is 87.1 Å². The molecule has 98 valence electrons. The quantitative estimate of drug-likeness (QED) is 0.914. The van der Waals surface area contributed by atoms with Crippen LogP contribution in [-0.4, -0.2) is 22.2 Å². The Bertz CT molecular complexity index is 486. The molecule has 0 fully saturated rings. The zero-order valence-electron chi connectivity index (χ0n) is 10.2. The average Bonchev–Trinajstić information content (AvgIpc) is 2.87. The van der Waals surface area contributed by atoms with Crippen molar-refractivity contribution in [1.29, 1.82) is 0 Å². The molecule has 0 unspecified atom stereocenters. The number of nitrogens with two attached hydrogens (primary N) is 1. The van der Waals surface area contributed by atoms with Crippen LogP contribution in [0.3, 0.4) is 0 Å². The molecule has 6 nitrogen and oxygen atoms in total. The zero-order valence-corrected chi connectivity index (χ0v) is 11.0. The van der Waals surface area contributed by atoms with E-state index in [0.717, 1.165) is 12.0 Å². The lowest BCUT2D eigenvalue weighted by Crippen LogP contribution is -2.08. The highest BCUT2D eigenvalue weighted by Crippen LogP contribution is 2.19. The number of nitrogens with zero attached hydrogens (tertiary/aromatic N) is 3. The molecule has 2 aromatic heterocycles. The van der Waals surface area contributed by atoms with Gasteiger partial charge in [0.2, 0.25) is 17.6 Å².